The molecule has 2 aromatic carbocycles. The van der Waals surface area contributed by atoms with Gasteiger partial charge in [0.25, 0.3) is 9.05 Å². The molecule has 0 saturated heterocycles. The van der Waals surface area contributed by atoms with Gasteiger partial charge in [0.15, 0.2) is 0 Å². The molecule has 0 fully saturated rings. The number of hydrogen-bond acceptors (Lipinski definition) is 5. The molecule has 1 atom stereocenters. The first-order valence-electron chi connectivity index (χ1n) is 9.77. The lowest BCUT2D eigenvalue weighted by atomic mass is 10.0. The smallest absolute Gasteiger partial charge is 0.377 e. The van der Waals surface area contributed by atoms with E-state index >= 15 is 0 Å². The molecule has 0 aliphatic heterocycles. The van der Waals surface area contributed by atoms with E-state index in [1.165, 1.54) is 33.5 Å². The lowest BCUT2D eigenvalue weighted by Gasteiger charge is -2.46. The molecule has 0 radical (unpaired) electrons. The van der Waals surface area contributed by atoms with Crippen LogP contribution in [-0.4, -0.2) is 44.6 Å². The molecule has 0 aliphatic carbocycles. The molecule has 0 spiro atoms. The first-order valence-corrected chi connectivity index (χ1v) is 19.4. The van der Waals surface area contributed by atoms with Gasteiger partial charge < -0.3 is 13.3 Å². The van der Waals surface area contributed by atoms with Crippen LogP contribution in [0.25, 0.3) is 0 Å². The van der Waals surface area contributed by atoms with Crippen LogP contribution >= 0.6 is 55.5 Å². The van der Waals surface area contributed by atoms with E-state index < -0.39 is 28.5 Å². The summed E-state index contributed by atoms with van der Waals surface area (Å²) in [4.78, 5) is 0.0173. The Hall–Kier alpha value is 0.154. The fourth-order valence-corrected chi connectivity index (χ4v) is 15.0. The third-order valence-electron chi connectivity index (χ3n) is 5.66. The molecule has 0 bridgehead atoms. The molecule has 0 amide bonds. The average molecular weight is 611 g/mol. The van der Waals surface area contributed by atoms with Crippen LogP contribution in [0, 0.1) is 0 Å². The summed E-state index contributed by atoms with van der Waals surface area (Å²) in [6.07, 6.45) is 1.20. The molecule has 0 saturated carbocycles. The van der Waals surface area contributed by atoms with Crippen molar-refractivity contribution in [3.63, 3.8) is 0 Å². The zero-order chi connectivity index (χ0) is 24.9. The summed E-state index contributed by atoms with van der Waals surface area (Å²) >= 11 is 26.3. The number of aryl methyl sites for hydroxylation is 1. The third-order valence-corrected chi connectivity index (χ3v) is 18.8. The Morgan fingerprint density at radius 1 is 0.818 bits per heavy atom. The lowest BCUT2D eigenvalue weighted by Crippen LogP contribution is -2.62. The molecular weight excluding hydrogens is 586 g/mol. The fraction of sp³-hybridized carbons (Fsp3) is 0.400. The van der Waals surface area contributed by atoms with Gasteiger partial charge in [-0.15, -0.1) is 44.8 Å². The largest absolute Gasteiger partial charge is 0.507 e. The summed E-state index contributed by atoms with van der Waals surface area (Å²) in [6, 6.07) is 10.4. The Kier molecular flexibility index (Phi) is 10.6. The lowest BCUT2D eigenvalue weighted by molar-refractivity contribution is 0.101. The third kappa shape index (κ3) is 6.68. The van der Waals surface area contributed by atoms with Gasteiger partial charge in [0.05, 0.1) is 9.56 Å². The number of benzene rings is 2. The van der Waals surface area contributed by atoms with E-state index in [0.29, 0.717) is 25.1 Å². The molecule has 0 heterocycles. The minimum absolute atomic E-state index is 0.0173. The Morgan fingerprint density at radius 2 is 1.27 bits per heavy atom. The summed E-state index contributed by atoms with van der Waals surface area (Å²) in [7, 11) is 2.58. The maximum absolute atomic E-state index is 11.6. The molecule has 184 valence electrons. The molecule has 1 unspecified atom stereocenters. The molecule has 2 rings (SSSR count). The van der Waals surface area contributed by atoms with Gasteiger partial charge in [0.2, 0.25) is 0 Å². The minimum atomic E-state index is -3.81. The van der Waals surface area contributed by atoms with Crippen LogP contribution < -0.4 is 0 Å². The number of rotatable bonds is 12. The number of alkyl halides is 1. The van der Waals surface area contributed by atoms with E-state index in [1.54, 1.807) is 12.1 Å². The molecule has 13 heteroatoms. The second kappa shape index (κ2) is 11.9. The van der Waals surface area contributed by atoms with Crippen LogP contribution in [0.2, 0.25) is 4.66 Å². The van der Waals surface area contributed by atoms with E-state index in [2.05, 4.69) is 0 Å². The maximum Gasteiger partial charge on any atom is 0.507 e. The van der Waals surface area contributed by atoms with E-state index in [9.17, 15) is 8.42 Å². The van der Waals surface area contributed by atoms with Crippen LogP contribution in [0.1, 0.15) is 23.1 Å². The highest BCUT2D eigenvalue weighted by Crippen LogP contribution is 2.58. The minimum Gasteiger partial charge on any atom is -0.377 e. The SMILES string of the molecule is CO[Si](OC)(OC)C(CCc1ccc(S(=O)(=O)Cl)cc1)(Cc1ccc(CCl)cc1)[Si](Cl)(Cl)Cl. The highest BCUT2D eigenvalue weighted by atomic mass is 35.8. The van der Waals surface area contributed by atoms with Crippen molar-refractivity contribution in [2.45, 2.75) is 34.7 Å². The molecule has 2 aromatic rings. The van der Waals surface area contributed by atoms with Gasteiger partial charge in [0, 0.05) is 37.9 Å². The predicted molar refractivity (Wildman–Crippen MR) is 140 cm³/mol. The van der Waals surface area contributed by atoms with Gasteiger partial charge in [-0.25, -0.2) is 8.42 Å². The quantitative estimate of drug-likeness (QED) is 0.121. The summed E-state index contributed by atoms with van der Waals surface area (Å²) < 4.78 is 39.6. The highest BCUT2D eigenvalue weighted by molar-refractivity contribution is 8.13. The van der Waals surface area contributed by atoms with Crippen LogP contribution in [0.15, 0.2) is 53.4 Å². The Labute approximate surface area is 221 Å². The van der Waals surface area contributed by atoms with Gasteiger partial charge in [0.1, 0.15) is 0 Å². The van der Waals surface area contributed by atoms with Crippen LogP contribution in [0.5, 0.6) is 0 Å². The van der Waals surface area contributed by atoms with E-state index in [-0.39, 0.29) is 4.90 Å². The van der Waals surface area contributed by atoms with E-state index in [0.717, 1.165) is 16.7 Å². The standard InChI is InChI=1S/C20H25Cl5O5SSi2/c1-28-33(29-2,30-3)20(32(23,24)25,14-17-4-6-18(15-21)7-5-17)13-12-16-8-10-19(11-9-16)31(22,26)27/h4-11H,12-15H2,1-3H3. The summed E-state index contributed by atoms with van der Waals surface area (Å²) in [5, 5.41) is 0. The summed E-state index contributed by atoms with van der Waals surface area (Å²) in [5.74, 6) is 0.394. The van der Waals surface area contributed by atoms with Crippen LogP contribution in [-0.2, 0) is 41.1 Å². The van der Waals surface area contributed by atoms with Crippen molar-refractivity contribution in [2.75, 3.05) is 21.3 Å². The Morgan fingerprint density at radius 3 is 1.67 bits per heavy atom. The van der Waals surface area contributed by atoms with Crippen molar-refractivity contribution >= 4 is 79.4 Å². The number of halogens is 5. The first kappa shape index (κ1) is 29.4. The van der Waals surface area contributed by atoms with Gasteiger partial charge in [-0.1, -0.05) is 36.4 Å². The molecule has 33 heavy (non-hydrogen) atoms. The van der Waals surface area contributed by atoms with Crippen molar-refractivity contribution in [2.24, 2.45) is 0 Å². The summed E-state index contributed by atoms with van der Waals surface area (Å²) in [6.45, 7) is 0. The Bertz CT molecular complexity index is 1000. The van der Waals surface area contributed by atoms with Crippen LogP contribution in [0.3, 0.4) is 0 Å². The fourth-order valence-electron chi connectivity index (χ4n) is 3.87. The van der Waals surface area contributed by atoms with E-state index in [4.69, 9.17) is 68.8 Å². The van der Waals surface area contributed by atoms with Gasteiger partial charge in [-0.3, -0.25) is 0 Å². The first-order chi connectivity index (χ1) is 15.4. The van der Waals surface area contributed by atoms with Crippen molar-refractivity contribution in [1.82, 2.24) is 0 Å². The zero-order valence-electron chi connectivity index (χ0n) is 18.3. The molecule has 5 nitrogen and oxygen atoms in total. The second-order valence-electron chi connectivity index (χ2n) is 7.46. The molecule has 0 N–H and O–H groups in total. The topological polar surface area (TPSA) is 61.8 Å². The predicted octanol–water partition coefficient (Wildman–Crippen LogP) is 6.34. The number of hydrogen-bond donors (Lipinski definition) is 0. The second-order valence-corrected chi connectivity index (χ2v) is 22.9. The Balaban J connectivity index is 2.53. The molecule has 0 aliphatic rings. The van der Waals surface area contributed by atoms with Crippen molar-refractivity contribution in [3.05, 3.63) is 65.2 Å². The van der Waals surface area contributed by atoms with E-state index in [1.807, 2.05) is 24.3 Å². The monoisotopic (exact) mass is 608 g/mol. The van der Waals surface area contributed by atoms with Gasteiger partial charge in [-0.05, 0) is 48.1 Å². The maximum atomic E-state index is 11.6. The molecule has 0 aromatic heterocycles. The highest BCUT2D eigenvalue weighted by Gasteiger charge is 2.70. The van der Waals surface area contributed by atoms with Crippen molar-refractivity contribution in [1.29, 1.82) is 0 Å². The molecular formula is C20H25Cl5O5SSi2. The van der Waals surface area contributed by atoms with Crippen LogP contribution in [0.4, 0.5) is 0 Å². The zero-order valence-corrected chi connectivity index (χ0v) is 24.9. The van der Waals surface area contributed by atoms with Crippen molar-refractivity contribution < 1.29 is 21.7 Å². The van der Waals surface area contributed by atoms with Crippen molar-refractivity contribution in [3.8, 4) is 0 Å². The van der Waals surface area contributed by atoms with Gasteiger partial charge >= 0.3 is 14.8 Å². The normalized spacial score (nSPS) is 14.8. The average Bonchev–Trinajstić information content (AvgIpc) is 2.78. The van der Waals surface area contributed by atoms with Gasteiger partial charge in [-0.2, -0.15) is 0 Å². The summed E-state index contributed by atoms with van der Waals surface area (Å²) in [5.41, 5.74) is 2.74.